The van der Waals surface area contributed by atoms with E-state index in [1.165, 1.54) is 0 Å². The van der Waals surface area contributed by atoms with E-state index in [1.54, 1.807) is 29.4 Å². The minimum absolute atomic E-state index is 0.0144. The van der Waals surface area contributed by atoms with Gasteiger partial charge in [0, 0.05) is 23.3 Å². The van der Waals surface area contributed by atoms with Gasteiger partial charge in [-0.15, -0.1) is 0 Å². The summed E-state index contributed by atoms with van der Waals surface area (Å²) in [6.45, 7) is 2.61. The SMILES string of the molecule is CCCCCC1CN(CC(=O)Nc2cccnc2)C(=O)c2cc(-c3ccc(Cl)cc3)nn21. The van der Waals surface area contributed by atoms with Gasteiger partial charge >= 0.3 is 0 Å². The Labute approximate surface area is 192 Å². The topological polar surface area (TPSA) is 80.1 Å². The van der Waals surface area contributed by atoms with E-state index in [0.717, 1.165) is 36.9 Å². The molecule has 7 nitrogen and oxygen atoms in total. The van der Waals surface area contributed by atoms with Crippen molar-refractivity contribution >= 4 is 29.1 Å². The Hall–Kier alpha value is -3.19. The highest BCUT2D eigenvalue weighted by Crippen LogP contribution is 2.30. The van der Waals surface area contributed by atoms with Crippen LogP contribution in [0.1, 0.15) is 49.1 Å². The van der Waals surface area contributed by atoms with Crippen molar-refractivity contribution in [2.24, 2.45) is 0 Å². The fourth-order valence-electron chi connectivity index (χ4n) is 3.96. The minimum atomic E-state index is -0.246. The molecule has 3 heterocycles. The number of nitrogens with one attached hydrogen (secondary N) is 1. The summed E-state index contributed by atoms with van der Waals surface area (Å²) < 4.78 is 1.84. The number of amides is 2. The van der Waals surface area contributed by atoms with Gasteiger partial charge in [0.15, 0.2) is 0 Å². The molecular formula is C24H26ClN5O2. The number of carbonyl (C=O) groups excluding carboxylic acids is 2. The number of hydrogen-bond donors (Lipinski definition) is 1. The first-order valence-electron chi connectivity index (χ1n) is 10.9. The molecule has 0 spiro atoms. The molecule has 0 saturated heterocycles. The third-order valence-corrected chi connectivity index (χ3v) is 5.83. The van der Waals surface area contributed by atoms with Crippen molar-refractivity contribution in [1.82, 2.24) is 19.7 Å². The summed E-state index contributed by atoms with van der Waals surface area (Å²) >= 11 is 6.01. The van der Waals surface area contributed by atoms with Crippen molar-refractivity contribution < 1.29 is 9.59 Å². The van der Waals surface area contributed by atoms with Gasteiger partial charge in [0.2, 0.25) is 5.91 Å². The van der Waals surface area contributed by atoms with Crippen LogP contribution >= 0.6 is 11.6 Å². The van der Waals surface area contributed by atoms with E-state index in [4.69, 9.17) is 16.7 Å². The van der Waals surface area contributed by atoms with Gasteiger partial charge in [-0.05, 0) is 36.8 Å². The molecule has 32 heavy (non-hydrogen) atoms. The van der Waals surface area contributed by atoms with Crippen molar-refractivity contribution in [3.05, 3.63) is 65.6 Å². The van der Waals surface area contributed by atoms with Gasteiger partial charge in [-0.1, -0.05) is 49.9 Å². The first-order chi connectivity index (χ1) is 15.5. The average Bonchev–Trinajstić information content (AvgIpc) is 3.24. The molecular weight excluding hydrogens is 426 g/mol. The van der Waals surface area contributed by atoms with Gasteiger partial charge < -0.3 is 10.2 Å². The van der Waals surface area contributed by atoms with Gasteiger partial charge in [0.05, 0.1) is 23.6 Å². The summed E-state index contributed by atoms with van der Waals surface area (Å²) in [5, 5.41) is 8.22. The molecule has 1 aliphatic rings. The lowest BCUT2D eigenvalue weighted by Crippen LogP contribution is -2.46. The highest BCUT2D eigenvalue weighted by atomic mass is 35.5. The van der Waals surface area contributed by atoms with Crippen LogP contribution in [0.5, 0.6) is 0 Å². The standard InChI is InChI=1S/C24H26ClN5O2/c1-2-3-4-7-20-15-29(16-23(31)27-19-6-5-12-26-14-19)24(32)22-13-21(28-30(20)22)17-8-10-18(25)11-9-17/h5-6,8-14,20H,2-4,7,15-16H2,1H3,(H,27,31). The van der Waals surface area contributed by atoms with Crippen LogP contribution in [0.25, 0.3) is 11.3 Å². The molecule has 1 atom stereocenters. The Morgan fingerprint density at radius 2 is 2.03 bits per heavy atom. The fourth-order valence-corrected chi connectivity index (χ4v) is 4.09. The van der Waals surface area contributed by atoms with Crippen LogP contribution in [0.4, 0.5) is 5.69 Å². The molecule has 0 bridgehead atoms. The number of halogens is 1. The van der Waals surface area contributed by atoms with Crippen molar-refractivity contribution in [3.63, 3.8) is 0 Å². The minimum Gasteiger partial charge on any atom is -0.326 e. The number of nitrogens with zero attached hydrogens (tertiary/aromatic N) is 4. The number of pyridine rings is 1. The highest BCUT2D eigenvalue weighted by Gasteiger charge is 2.33. The number of fused-ring (bicyclic) bond motifs is 1. The second-order valence-electron chi connectivity index (χ2n) is 7.99. The van der Waals surface area contributed by atoms with E-state index < -0.39 is 0 Å². The van der Waals surface area contributed by atoms with Crippen LogP contribution < -0.4 is 5.32 Å². The molecule has 1 aliphatic heterocycles. The van der Waals surface area contributed by atoms with Gasteiger partial charge in [0.25, 0.3) is 5.91 Å². The fraction of sp³-hybridized carbons (Fsp3) is 0.333. The Balaban J connectivity index is 1.56. The molecule has 2 amide bonds. The molecule has 8 heteroatoms. The summed E-state index contributed by atoms with van der Waals surface area (Å²) in [4.78, 5) is 31.4. The Morgan fingerprint density at radius 1 is 1.22 bits per heavy atom. The molecule has 1 aromatic carbocycles. The third-order valence-electron chi connectivity index (χ3n) is 5.58. The highest BCUT2D eigenvalue weighted by molar-refractivity contribution is 6.30. The Morgan fingerprint density at radius 3 is 2.75 bits per heavy atom. The van der Waals surface area contributed by atoms with E-state index in [9.17, 15) is 9.59 Å². The maximum atomic E-state index is 13.2. The maximum Gasteiger partial charge on any atom is 0.272 e. The molecule has 0 saturated carbocycles. The zero-order valence-corrected chi connectivity index (χ0v) is 18.8. The Kier molecular flexibility index (Phi) is 6.85. The van der Waals surface area contributed by atoms with Crippen LogP contribution in [0.15, 0.2) is 54.9 Å². The summed E-state index contributed by atoms with van der Waals surface area (Å²) in [7, 11) is 0. The molecule has 166 valence electrons. The molecule has 1 unspecified atom stereocenters. The molecule has 4 rings (SSSR count). The van der Waals surface area contributed by atoms with Gasteiger partial charge in [-0.3, -0.25) is 19.3 Å². The summed E-state index contributed by atoms with van der Waals surface area (Å²) in [5.74, 6) is -0.435. The lowest BCUT2D eigenvalue weighted by molar-refractivity contribution is -0.117. The van der Waals surface area contributed by atoms with E-state index in [-0.39, 0.29) is 24.4 Å². The first-order valence-corrected chi connectivity index (χ1v) is 11.3. The zero-order valence-electron chi connectivity index (χ0n) is 18.0. The van der Waals surface area contributed by atoms with Crippen molar-refractivity contribution in [2.75, 3.05) is 18.4 Å². The summed E-state index contributed by atoms with van der Waals surface area (Å²) in [5.41, 5.74) is 2.75. The number of aromatic nitrogens is 3. The molecule has 0 aliphatic carbocycles. The van der Waals surface area contributed by atoms with Crippen molar-refractivity contribution in [2.45, 2.75) is 38.6 Å². The van der Waals surface area contributed by atoms with E-state index in [1.807, 2.05) is 35.0 Å². The molecule has 0 radical (unpaired) electrons. The first kappa shape index (κ1) is 22.0. The van der Waals surface area contributed by atoms with Gasteiger partial charge in [0.1, 0.15) is 12.2 Å². The van der Waals surface area contributed by atoms with Crippen molar-refractivity contribution in [1.29, 1.82) is 0 Å². The predicted octanol–water partition coefficient (Wildman–Crippen LogP) is 4.81. The van der Waals surface area contributed by atoms with Crippen molar-refractivity contribution in [3.8, 4) is 11.3 Å². The van der Waals surface area contributed by atoms with Crippen LogP contribution in [-0.2, 0) is 4.79 Å². The number of anilines is 1. The second kappa shape index (κ2) is 9.96. The van der Waals surface area contributed by atoms with E-state index in [2.05, 4.69) is 17.2 Å². The van der Waals surface area contributed by atoms with Gasteiger partial charge in [-0.25, -0.2) is 0 Å². The molecule has 3 aromatic rings. The predicted molar refractivity (Wildman–Crippen MR) is 125 cm³/mol. The Bertz CT molecular complexity index is 1080. The van der Waals surface area contributed by atoms with Crippen LogP contribution in [-0.4, -0.2) is 44.6 Å². The normalized spacial score (nSPS) is 15.5. The summed E-state index contributed by atoms with van der Waals surface area (Å²) in [6.07, 6.45) is 7.40. The van der Waals surface area contributed by atoms with E-state index >= 15 is 0 Å². The molecule has 2 aromatic heterocycles. The van der Waals surface area contributed by atoms with Crippen LogP contribution in [0, 0.1) is 0 Å². The van der Waals surface area contributed by atoms with E-state index in [0.29, 0.717) is 22.9 Å². The molecule has 1 N–H and O–H groups in total. The van der Waals surface area contributed by atoms with Crippen LogP contribution in [0.2, 0.25) is 5.02 Å². The zero-order chi connectivity index (χ0) is 22.5. The van der Waals surface area contributed by atoms with Gasteiger partial charge in [-0.2, -0.15) is 5.10 Å². The number of benzene rings is 1. The third kappa shape index (κ3) is 4.99. The summed E-state index contributed by atoms with van der Waals surface area (Å²) in [6, 6.07) is 12.8. The number of unbranched alkanes of at least 4 members (excludes halogenated alkanes) is 2. The second-order valence-corrected chi connectivity index (χ2v) is 8.43. The lowest BCUT2D eigenvalue weighted by Gasteiger charge is -2.33. The smallest absolute Gasteiger partial charge is 0.272 e. The number of hydrogen-bond acceptors (Lipinski definition) is 4. The monoisotopic (exact) mass is 451 g/mol. The maximum absolute atomic E-state index is 13.2. The lowest BCUT2D eigenvalue weighted by atomic mass is 10.0. The largest absolute Gasteiger partial charge is 0.326 e. The van der Waals surface area contributed by atoms with Crippen LogP contribution in [0.3, 0.4) is 0 Å². The average molecular weight is 452 g/mol. The molecule has 0 fully saturated rings. The number of rotatable bonds is 8. The quantitative estimate of drug-likeness (QED) is 0.498. The number of carbonyl (C=O) groups is 2.